The number of nitrogens with zero attached hydrogens (tertiary/aromatic N) is 1. The van der Waals surface area contributed by atoms with Crippen LogP contribution in [0.1, 0.15) is 109 Å². The molecule has 1 aromatic heterocycles. The Kier molecular flexibility index (Phi) is 27.3. The van der Waals surface area contributed by atoms with Crippen molar-refractivity contribution < 1.29 is 0 Å². The Balaban J connectivity index is -0.000000437. The van der Waals surface area contributed by atoms with Gasteiger partial charge in [0.25, 0.3) is 0 Å². The summed E-state index contributed by atoms with van der Waals surface area (Å²) in [6.45, 7) is 27.1. The monoisotopic (exact) mass is 509 g/mol. The second-order valence-corrected chi connectivity index (χ2v) is 9.49. The number of benzene rings is 1. The molecule has 0 aliphatic heterocycles. The molecule has 1 aromatic carbocycles. The van der Waals surface area contributed by atoms with E-state index in [4.69, 9.17) is 0 Å². The van der Waals surface area contributed by atoms with Crippen LogP contribution in [-0.4, -0.2) is 5.71 Å². The number of rotatable bonds is 8. The summed E-state index contributed by atoms with van der Waals surface area (Å²) in [5, 5.41) is 2.06. The summed E-state index contributed by atoms with van der Waals surface area (Å²) >= 11 is 1.71. The normalized spacial score (nSPS) is 10.4. The maximum atomic E-state index is 4.53. The van der Waals surface area contributed by atoms with Crippen molar-refractivity contribution >= 4 is 17.0 Å². The average molecular weight is 510 g/mol. The summed E-state index contributed by atoms with van der Waals surface area (Å²) in [5.74, 6) is 1.00. The molecule has 1 nitrogen and oxygen atoms in total. The minimum absolute atomic E-state index is 0.968. The lowest BCUT2D eigenvalue weighted by atomic mass is 9.97. The fourth-order valence-electron chi connectivity index (χ4n) is 3.21. The summed E-state index contributed by atoms with van der Waals surface area (Å²) in [5.41, 5.74) is 7.13. The predicted octanol–water partition coefficient (Wildman–Crippen LogP) is 11.5. The number of terminal acetylenes is 1. The highest BCUT2D eigenvalue weighted by Gasteiger charge is 2.01. The fraction of sp³-hybridized carbons (Fsp3) is 0.500. The van der Waals surface area contributed by atoms with Crippen LogP contribution in [0.25, 0.3) is 0 Å². The Morgan fingerprint density at radius 1 is 1.00 bits per heavy atom. The van der Waals surface area contributed by atoms with E-state index in [0.717, 1.165) is 22.9 Å². The molecular weight excluding hydrogens is 454 g/mol. The Morgan fingerprint density at radius 2 is 1.58 bits per heavy atom. The molecule has 1 heterocycles. The highest BCUT2D eigenvalue weighted by molar-refractivity contribution is 7.12. The molecule has 0 saturated carbocycles. The maximum absolute atomic E-state index is 4.53. The standard InChI is InChI=1S/C12H15NS.C9H12.C9H20.C2H6.C2H2/c1-5-11(9(2)3)13-10(4)12-7-6-8-14-12;1-7-4-5-8(2)9(3)6-7;1-4-7-8-9(5-2)6-3;2*1-2/h5-8H,2H2,1,3-4H3;4-6H,1-3H3;9H,4-8H2,1-3H3;1-2H3;1-2H/b11-5-,13-10?;;;;. The molecule has 0 amide bonds. The first-order valence-electron chi connectivity index (χ1n) is 13.5. The van der Waals surface area contributed by atoms with Gasteiger partial charge in [-0.25, -0.2) is 0 Å². The first-order chi connectivity index (χ1) is 17.2. The lowest BCUT2D eigenvalue weighted by Gasteiger charge is -2.09. The molecule has 0 radical (unpaired) electrons. The molecule has 0 N–H and O–H groups in total. The summed E-state index contributed by atoms with van der Waals surface area (Å²) in [4.78, 5) is 5.74. The minimum Gasteiger partial charge on any atom is -0.252 e. The van der Waals surface area contributed by atoms with E-state index in [1.54, 1.807) is 11.3 Å². The van der Waals surface area contributed by atoms with Crippen LogP contribution >= 0.6 is 11.3 Å². The van der Waals surface area contributed by atoms with Gasteiger partial charge in [0.1, 0.15) is 0 Å². The molecule has 0 unspecified atom stereocenters. The van der Waals surface area contributed by atoms with Gasteiger partial charge in [-0.05, 0) is 75.6 Å². The molecule has 0 fully saturated rings. The third-order valence-corrected chi connectivity index (χ3v) is 6.64. The van der Waals surface area contributed by atoms with E-state index < -0.39 is 0 Å². The van der Waals surface area contributed by atoms with Crippen LogP contribution in [0.4, 0.5) is 0 Å². The van der Waals surface area contributed by atoms with Gasteiger partial charge >= 0.3 is 0 Å². The molecule has 2 aromatic rings. The van der Waals surface area contributed by atoms with Crippen LogP contribution in [0.5, 0.6) is 0 Å². The summed E-state index contributed by atoms with van der Waals surface area (Å²) < 4.78 is 0. The molecule has 0 bridgehead atoms. The Hall–Kier alpha value is -2.37. The van der Waals surface area contributed by atoms with Gasteiger partial charge in [-0.2, -0.15) is 0 Å². The van der Waals surface area contributed by atoms with Gasteiger partial charge < -0.3 is 0 Å². The lowest BCUT2D eigenvalue weighted by molar-refractivity contribution is 0.438. The van der Waals surface area contributed by atoms with Crippen molar-refractivity contribution in [3.63, 3.8) is 0 Å². The van der Waals surface area contributed by atoms with Crippen LogP contribution in [0, 0.1) is 39.5 Å². The van der Waals surface area contributed by atoms with Gasteiger partial charge in [-0.1, -0.05) is 109 Å². The van der Waals surface area contributed by atoms with Gasteiger partial charge in [-0.15, -0.1) is 24.2 Å². The predicted molar refractivity (Wildman–Crippen MR) is 171 cm³/mol. The maximum Gasteiger partial charge on any atom is 0.0614 e. The molecule has 0 spiro atoms. The molecule has 2 rings (SSSR count). The topological polar surface area (TPSA) is 12.4 Å². The highest BCUT2D eigenvalue weighted by Crippen LogP contribution is 2.16. The third kappa shape index (κ3) is 18.9. The van der Waals surface area contributed by atoms with Gasteiger partial charge in [-0.3, -0.25) is 4.99 Å². The van der Waals surface area contributed by atoms with Gasteiger partial charge in [0.05, 0.1) is 11.4 Å². The average Bonchev–Trinajstić information content (AvgIpc) is 3.44. The largest absolute Gasteiger partial charge is 0.252 e. The Morgan fingerprint density at radius 3 is 1.94 bits per heavy atom. The van der Waals surface area contributed by atoms with Crippen LogP contribution in [0.15, 0.2) is 64.6 Å². The van der Waals surface area contributed by atoms with Crippen molar-refractivity contribution in [3.05, 3.63) is 81.2 Å². The zero-order chi connectivity index (χ0) is 28.5. The van der Waals surface area contributed by atoms with Crippen molar-refractivity contribution in [2.24, 2.45) is 10.9 Å². The first kappa shape index (κ1) is 38.2. The quantitative estimate of drug-likeness (QED) is 0.190. The zero-order valence-electron chi connectivity index (χ0n) is 25.4. The van der Waals surface area contributed by atoms with Crippen molar-refractivity contribution in [1.82, 2.24) is 0 Å². The number of aryl methyl sites for hydroxylation is 3. The second-order valence-electron chi connectivity index (χ2n) is 8.54. The molecule has 2 heteroatoms. The minimum atomic E-state index is 0.968. The molecule has 0 saturated heterocycles. The molecule has 36 heavy (non-hydrogen) atoms. The molecular formula is C34H55NS. The van der Waals surface area contributed by atoms with Crippen molar-refractivity contribution in [3.8, 4) is 12.8 Å². The van der Waals surface area contributed by atoms with E-state index in [2.05, 4.69) is 95.6 Å². The van der Waals surface area contributed by atoms with Gasteiger partial charge in [0, 0.05) is 4.88 Å². The van der Waals surface area contributed by atoms with Crippen molar-refractivity contribution in [2.45, 2.75) is 108 Å². The number of hydrogen-bond donors (Lipinski definition) is 0. The molecule has 202 valence electrons. The number of allylic oxidation sites excluding steroid dienone is 2. The van der Waals surface area contributed by atoms with E-state index in [-0.39, 0.29) is 0 Å². The van der Waals surface area contributed by atoms with Gasteiger partial charge in [0.2, 0.25) is 0 Å². The lowest BCUT2D eigenvalue weighted by Crippen LogP contribution is -1.95. The number of unbranched alkanes of at least 4 members (excludes halogenated alkanes) is 1. The summed E-state index contributed by atoms with van der Waals surface area (Å²) in [6.07, 6.45) is 17.0. The van der Waals surface area contributed by atoms with Gasteiger partial charge in [0.15, 0.2) is 0 Å². The second kappa shape index (κ2) is 25.7. The third-order valence-electron chi connectivity index (χ3n) is 5.66. The highest BCUT2D eigenvalue weighted by atomic mass is 32.1. The van der Waals surface area contributed by atoms with E-state index >= 15 is 0 Å². The summed E-state index contributed by atoms with van der Waals surface area (Å²) in [6, 6.07) is 10.6. The van der Waals surface area contributed by atoms with Crippen LogP contribution < -0.4 is 0 Å². The SMILES string of the molecule is C#C.C=C(C)/C(=C/C)N=C(C)c1cccs1.CC.CCCCC(CC)CC.Cc1ccc(C)c(C)c1. The van der Waals surface area contributed by atoms with Crippen molar-refractivity contribution in [1.29, 1.82) is 0 Å². The van der Waals surface area contributed by atoms with E-state index in [1.165, 1.54) is 53.7 Å². The van der Waals surface area contributed by atoms with E-state index in [9.17, 15) is 0 Å². The zero-order valence-corrected chi connectivity index (χ0v) is 26.2. The Labute approximate surface area is 229 Å². The summed E-state index contributed by atoms with van der Waals surface area (Å²) in [7, 11) is 0. The van der Waals surface area contributed by atoms with Crippen LogP contribution in [0.3, 0.4) is 0 Å². The molecule has 0 aliphatic rings. The first-order valence-corrected chi connectivity index (χ1v) is 14.4. The van der Waals surface area contributed by atoms with Crippen LogP contribution in [0.2, 0.25) is 0 Å². The van der Waals surface area contributed by atoms with E-state index in [0.29, 0.717) is 0 Å². The van der Waals surface area contributed by atoms with E-state index in [1.807, 2.05) is 46.8 Å². The molecule has 0 aliphatic carbocycles. The van der Waals surface area contributed by atoms with Crippen molar-refractivity contribution in [2.75, 3.05) is 0 Å². The van der Waals surface area contributed by atoms with Crippen LogP contribution in [-0.2, 0) is 0 Å². The number of aliphatic imine (C=N–C) groups is 1. The fourth-order valence-corrected chi connectivity index (χ4v) is 3.88. The number of thiophene rings is 1. The number of hydrogen-bond acceptors (Lipinski definition) is 2. The smallest absolute Gasteiger partial charge is 0.0614 e. The Bertz CT molecular complexity index is 862. The molecule has 0 atom stereocenters.